The number of likely N-dealkylation sites (N-methyl/N-ethyl adjacent to an activating group) is 1. The Bertz CT molecular complexity index is 1430. The fraction of sp³-hybridized carbons (Fsp3) is 0.303. The van der Waals surface area contributed by atoms with E-state index in [-0.39, 0.29) is 11.8 Å². The van der Waals surface area contributed by atoms with Crippen LogP contribution >= 0.6 is 0 Å². The quantitative estimate of drug-likeness (QED) is 0.312. The number of piperazine rings is 1. The SMILES string of the molecule is COC(=O)C1=Cc2cc(C=Cc3cc(CC(=O)c4ccc(CN5CCN(C)CC5)cc4)ccc3C)cnc2C1. The molecule has 1 saturated heterocycles. The fourth-order valence-electron chi connectivity index (χ4n) is 5.09. The van der Waals surface area contributed by atoms with Gasteiger partial charge in [-0.05, 0) is 59.5 Å². The highest BCUT2D eigenvalue weighted by molar-refractivity contribution is 5.98. The van der Waals surface area contributed by atoms with Crippen LogP contribution in [0.2, 0.25) is 0 Å². The van der Waals surface area contributed by atoms with Gasteiger partial charge in [-0.25, -0.2) is 4.79 Å². The number of pyridine rings is 1. The molecule has 1 aromatic heterocycles. The van der Waals surface area contributed by atoms with E-state index in [1.54, 1.807) is 0 Å². The second-order valence-electron chi connectivity index (χ2n) is 10.5. The normalized spacial score (nSPS) is 15.8. The van der Waals surface area contributed by atoms with Gasteiger partial charge in [0.1, 0.15) is 0 Å². The minimum atomic E-state index is -0.311. The first-order chi connectivity index (χ1) is 18.9. The van der Waals surface area contributed by atoms with Crippen molar-refractivity contribution in [3.63, 3.8) is 0 Å². The molecule has 6 heteroatoms. The van der Waals surface area contributed by atoms with E-state index in [1.165, 1.54) is 12.7 Å². The Morgan fingerprint density at radius 1 is 0.974 bits per heavy atom. The van der Waals surface area contributed by atoms with Gasteiger partial charge < -0.3 is 9.64 Å². The smallest absolute Gasteiger partial charge is 0.334 e. The van der Waals surface area contributed by atoms with E-state index in [4.69, 9.17) is 4.74 Å². The molecule has 2 aromatic carbocycles. The second kappa shape index (κ2) is 11.9. The molecule has 6 nitrogen and oxygen atoms in total. The number of aryl methyl sites for hydroxylation is 1. The molecule has 0 N–H and O–H groups in total. The Hall–Kier alpha value is -3.87. The molecule has 0 spiro atoms. The molecule has 1 aliphatic heterocycles. The Labute approximate surface area is 230 Å². The minimum Gasteiger partial charge on any atom is -0.466 e. The predicted molar refractivity (Wildman–Crippen MR) is 155 cm³/mol. The molecule has 0 radical (unpaired) electrons. The van der Waals surface area contributed by atoms with Gasteiger partial charge in [-0.1, -0.05) is 54.6 Å². The monoisotopic (exact) mass is 521 g/mol. The summed E-state index contributed by atoms with van der Waals surface area (Å²) in [6, 6.07) is 16.3. The average Bonchev–Trinajstić information content (AvgIpc) is 3.38. The number of aromatic nitrogens is 1. The summed E-state index contributed by atoms with van der Waals surface area (Å²) in [6.07, 6.45) is 8.60. The van der Waals surface area contributed by atoms with E-state index in [2.05, 4.69) is 59.1 Å². The third-order valence-corrected chi connectivity index (χ3v) is 7.60. The Kier molecular flexibility index (Phi) is 8.15. The molecule has 0 saturated carbocycles. The number of rotatable bonds is 8. The zero-order valence-corrected chi connectivity index (χ0v) is 22.9. The lowest BCUT2D eigenvalue weighted by Gasteiger charge is -2.32. The lowest BCUT2D eigenvalue weighted by atomic mass is 9.98. The maximum atomic E-state index is 13.1. The molecule has 0 bridgehead atoms. The van der Waals surface area contributed by atoms with Crippen LogP contribution in [0.25, 0.3) is 18.2 Å². The van der Waals surface area contributed by atoms with Crippen molar-refractivity contribution < 1.29 is 14.3 Å². The summed E-state index contributed by atoms with van der Waals surface area (Å²) in [6.45, 7) is 7.36. The number of ketones is 1. The molecule has 2 heterocycles. The number of ether oxygens (including phenoxy) is 1. The van der Waals surface area contributed by atoms with Gasteiger partial charge in [-0.2, -0.15) is 0 Å². The van der Waals surface area contributed by atoms with Crippen molar-refractivity contribution in [3.8, 4) is 0 Å². The average molecular weight is 522 g/mol. The molecule has 0 atom stereocenters. The largest absolute Gasteiger partial charge is 0.466 e. The highest BCUT2D eigenvalue weighted by Gasteiger charge is 2.20. The van der Waals surface area contributed by atoms with Crippen molar-refractivity contribution in [2.75, 3.05) is 40.3 Å². The van der Waals surface area contributed by atoms with Gasteiger partial charge in [0.05, 0.1) is 12.8 Å². The number of methoxy groups -OCH3 is 1. The molecule has 2 aliphatic rings. The van der Waals surface area contributed by atoms with Crippen molar-refractivity contribution >= 4 is 30.0 Å². The third-order valence-electron chi connectivity index (χ3n) is 7.60. The van der Waals surface area contributed by atoms with Crippen LogP contribution in [0, 0.1) is 6.92 Å². The van der Waals surface area contributed by atoms with E-state index in [0.29, 0.717) is 18.4 Å². The molecule has 200 valence electrons. The van der Waals surface area contributed by atoms with Crippen LogP contribution in [0.5, 0.6) is 0 Å². The first-order valence-electron chi connectivity index (χ1n) is 13.5. The lowest BCUT2D eigenvalue weighted by molar-refractivity contribution is -0.136. The zero-order valence-electron chi connectivity index (χ0n) is 22.9. The zero-order chi connectivity index (χ0) is 27.4. The highest BCUT2D eigenvalue weighted by atomic mass is 16.5. The molecular weight excluding hydrogens is 486 g/mol. The van der Waals surface area contributed by atoms with Crippen molar-refractivity contribution in [3.05, 3.63) is 105 Å². The summed E-state index contributed by atoms with van der Waals surface area (Å²) in [5, 5.41) is 0. The van der Waals surface area contributed by atoms with E-state index in [0.717, 1.165) is 71.8 Å². The van der Waals surface area contributed by atoms with Gasteiger partial charge in [0.15, 0.2) is 5.78 Å². The van der Waals surface area contributed by atoms with E-state index in [1.807, 2.05) is 42.6 Å². The Morgan fingerprint density at radius 3 is 2.46 bits per heavy atom. The molecule has 5 rings (SSSR count). The maximum Gasteiger partial charge on any atom is 0.334 e. The standard InChI is InChI=1S/C33H35N3O3/c1-23-4-5-25(18-32(37)27-9-6-24(7-10-27)22-36-14-12-35(2)13-15-36)16-28(23)11-8-26-17-29-19-30(33(38)39-3)20-31(29)34-21-26/h4-11,16-17,19,21H,12-15,18,20,22H2,1-3H3. The molecule has 0 amide bonds. The Morgan fingerprint density at radius 2 is 1.72 bits per heavy atom. The summed E-state index contributed by atoms with van der Waals surface area (Å²) in [5.41, 5.74) is 8.60. The predicted octanol–water partition coefficient (Wildman–Crippen LogP) is 4.85. The number of benzene rings is 2. The van der Waals surface area contributed by atoms with Crippen LogP contribution in [0.3, 0.4) is 0 Å². The summed E-state index contributed by atoms with van der Waals surface area (Å²) < 4.78 is 4.84. The van der Waals surface area contributed by atoms with Gasteiger partial charge in [-0.15, -0.1) is 0 Å². The van der Waals surface area contributed by atoms with Crippen molar-refractivity contribution in [1.82, 2.24) is 14.8 Å². The van der Waals surface area contributed by atoms with Crippen LogP contribution in [-0.4, -0.2) is 66.9 Å². The molecular formula is C33H35N3O3. The topological polar surface area (TPSA) is 62.7 Å². The van der Waals surface area contributed by atoms with Crippen LogP contribution in [-0.2, 0) is 28.9 Å². The van der Waals surface area contributed by atoms with E-state index in [9.17, 15) is 9.59 Å². The van der Waals surface area contributed by atoms with Gasteiger partial charge >= 0.3 is 5.97 Å². The lowest BCUT2D eigenvalue weighted by Crippen LogP contribution is -2.43. The summed E-state index contributed by atoms with van der Waals surface area (Å²) in [5.74, 6) is -0.190. The number of hydrogen-bond donors (Lipinski definition) is 0. The van der Waals surface area contributed by atoms with Gasteiger partial charge in [0.2, 0.25) is 0 Å². The van der Waals surface area contributed by atoms with Crippen LogP contribution in [0.1, 0.15) is 49.4 Å². The number of hydrogen-bond acceptors (Lipinski definition) is 6. The molecule has 3 aromatic rings. The maximum absolute atomic E-state index is 13.1. The second-order valence-corrected chi connectivity index (χ2v) is 10.5. The van der Waals surface area contributed by atoms with Crippen molar-refractivity contribution in [1.29, 1.82) is 0 Å². The third kappa shape index (κ3) is 6.59. The first kappa shape index (κ1) is 26.7. The minimum absolute atomic E-state index is 0.121. The number of fused-ring (bicyclic) bond motifs is 1. The molecule has 1 fully saturated rings. The van der Waals surface area contributed by atoms with Crippen LogP contribution < -0.4 is 0 Å². The van der Waals surface area contributed by atoms with Gasteiger partial charge in [0.25, 0.3) is 0 Å². The number of carbonyl (C=O) groups is 2. The summed E-state index contributed by atoms with van der Waals surface area (Å²) >= 11 is 0. The molecule has 0 unspecified atom stereocenters. The van der Waals surface area contributed by atoms with Crippen LogP contribution in [0.15, 0.2) is 60.3 Å². The van der Waals surface area contributed by atoms with E-state index >= 15 is 0 Å². The number of nitrogens with zero attached hydrogens (tertiary/aromatic N) is 3. The summed E-state index contributed by atoms with van der Waals surface area (Å²) in [7, 11) is 3.56. The first-order valence-corrected chi connectivity index (χ1v) is 13.5. The van der Waals surface area contributed by atoms with E-state index < -0.39 is 0 Å². The van der Waals surface area contributed by atoms with Crippen molar-refractivity contribution in [2.24, 2.45) is 0 Å². The molecule has 1 aliphatic carbocycles. The van der Waals surface area contributed by atoms with Gasteiger partial charge in [0, 0.05) is 62.9 Å². The van der Waals surface area contributed by atoms with Crippen molar-refractivity contribution in [2.45, 2.75) is 26.3 Å². The van der Waals surface area contributed by atoms with Crippen LogP contribution in [0.4, 0.5) is 0 Å². The highest BCUT2D eigenvalue weighted by Crippen LogP contribution is 2.26. The van der Waals surface area contributed by atoms with Gasteiger partial charge in [-0.3, -0.25) is 14.7 Å². The Balaban J connectivity index is 1.23. The fourth-order valence-corrected chi connectivity index (χ4v) is 5.09. The summed E-state index contributed by atoms with van der Waals surface area (Å²) in [4.78, 5) is 34.3. The molecule has 39 heavy (non-hydrogen) atoms. The number of carbonyl (C=O) groups excluding carboxylic acids is 2. The number of esters is 1. The number of Topliss-reactive ketones (excluding diaryl/α,β-unsaturated/α-hetero) is 1.